The molecule has 0 aliphatic carbocycles. The summed E-state index contributed by atoms with van der Waals surface area (Å²) in [6, 6.07) is 8.45. The van der Waals surface area contributed by atoms with E-state index in [0.717, 1.165) is 14.7 Å². The average molecular weight is 450 g/mol. The van der Waals surface area contributed by atoms with Gasteiger partial charge in [0, 0.05) is 18.1 Å². The lowest BCUT2D eigenvalue weighted by molar-refractivity contribution is -0.120. The predicted octanol–water partition coefficient (Wildman–Crippen LogP) is 2.35. The standard InChI is InChI=1S/C19H20FN5O3S2/c1-24-17(9-16(23-30(24,27)28)18-3-2-8-29-18)19(26)22-15-10-21-25(12-15)11-13-4-6-14(20)7-5-13/h2-8,10,12,16-17,23H,9,11H2,1H3,(H,22,26)/t16-,17-/m1/s1. The molecule has 0 spiro atoms. The number of rotatable bonds is 5. The smallest absolute Gasteiger partial charge is 0.280 e. The van der Waals surface area contributed by atoms with Gasteiger partial charge in [-0.3, -0.25) is 9.48 Å². The van der Waals surface area contributed by atoms with Crippen molar-refractivity contribution in [2.24, 2.45) is 0 Å². The van der Waals surface area contributed by atoms with E-state index in [-0.39, 0.29) is 5.82 Å². The first-order valence-electron chi connectivity index (χ1n) is 9.18. The Morgan fingerprint density at radius 1 is 1.33 bits per heavy atom. The maximum atomic E-state index is 13.0. The summed E-state index contributed by atoms with van der Waals surface area (Å²) in [6.45, 7) is 0.415. The first-order valence-corrected chi connectivity index (χ1v) is 11.5. The Hall–Kier alpha value is -2.60. The second-order valence-corrected chi connectivity index (χ2v) is 9.74. The van der Waals surface area contributed by atoms with Crippen molar-refractivity contribution in [1.29, 1.82) is 0 Å². The van der Waals surface area contributed by atoms with E-state index in [2.05, 4.69) is 15.1 Å². The number of halogens is 1. The van der Waals surface area contributed by atoms with Crippen molar-refractivity contribution in [2.45, 2.75) is 25.0 Å². The normalized spacial score (nSPS) is 21.4. The number of hydrogen-bond donors (Lipinski definition) is 2. The molecule has 1 fully saturated rings. The van der Waals surface area contributed by atoms with Crippen molar-refractivity contribution in [2.75, 3.05) is 12.4 Å². The topological polar surface area (TPSA) is 96.3 Å². The van der Waals surface area contributed by atoms with Crippen molar-refractivity contribution in [3.8, 4) is 0 Å². The van der Waals surface area contributed by atoms with Gasteiger partial charge in [0.05, 0.1) is 24.5 Å². The molecule has 1 saturated heterocycles. The number of nitrogens with one attached hydrogen (secondary N) is 2. The molecule has 1 aliphatic rings. The summed E-state index contributed by atoms with van der Waals surface area (Å²) in [6.07, 6.45) is 3.45. The van der Waals surface area contributed by atoms with Crippen molar-refractivity contribution in [3.05, 3.63) is 70.4 Å². The predicted molar refractivity (Wildman–Crippen MR) is 112 cm³/mol. The number of hydrogen-bond acceptors (Lipinski definition) is 5. The Morgan fingerprint density at radius 2 is 2.10 bits per heavy atom. The van der Waals surface area contributed by atoms with E-state index in [1.54, 1.807) is 23.0 Å². The molecular weight excluding hydrogens is 429 g/mol. The number of amides is 1. The summed E-state index contributed by atoms with van der Waals surface area (Å²) in [5.41, 5.74) is 1.32. The minimum absolute atomic E-state index is 0.311. The highest BCUT2D eigenvalue weighted by Gasteiger charge is 2.41. The van der Waals surface area contributed by atoms with Gasteiger partial charge < -0.3 is 5.32 Å². The maximum absolute atomic E-state index is 13.0. The fourth-order valence-electron chi connectivity index (χ4n) is 3.30. The highest BCUT2D eigenvalue weighted by Crippen LogP contribution is 2.30. The first-order chi connectivity index (χ1) is 14.3. The molecule has 8 nitrogen and oxygen atoms in total. The third kappa shape index (κ3) is 4.43. The lowest BCUT2D eigenvalue weighted by Crippen LogP contribution is -2.55. The Kier molecular flexibility index (Phi) is 5.69. The van der Waals surface area contributed by atoms with Gasteiger partial charge in [-0.25, -0.2) is 4.39 Å². The minimum atomic E-state index is -3.78. The van der Waals surface area contributed by atoms with Crippen molar-refractivity contribution < 1.29 is 17.6 Å². The molecule has 3 heterocycles. The quantitative estimate of drug-likeness (QED) is 0.625. The highest BCUT2D eigenvalue weighted by molar-refractivity contribution is 7.87. The zero-order valence-corrected chi connectivity index (χ0v) is 17.7. The molecule has 11 heteroatoms. The summed E-state index contributed by atoms with van der Waals surface area (Å²) in [7, 11) is -2.40. The molecule has 2 atom stereocenters. The number of aromatic nitrogens is 2. The van der Waals surface area contributed by atoms with Crippen LogP contribution >= 0.6 is 11.3 Å². The van der Waals surface area contributed by atoms with E-state index in [4.69, 9.17) is 0 Å². The monoisotopic (exact) mass is 449 g/mol. The van der Waals surface area contributed by atoms with Gasteiger partial charge in [0.25, 0.3) is 10.2 Å². The fraction of sp³-hybridized carbons (Fsp3) is 0.263. The average Bonchev–Trinajstić information content (AvgIpc) is 3.38. The highest BCUT2D eigenvalue weighted by atomic mass is 32.2. The molecule has 1 aromatic carbocycles. The summed E-state index contributed by atoms with van der Waals surface area (Å²) < 4.78 is 43.3. The zero-order chi connectivity index (χ0) is 21.3. The summed E-state index contributed by atoms with van der Waals surface area (Å²) in [5, 5.41) is 8.82. The van der Waals surface area contributed by atoms with Crippen LogP contribution in [0.5, 0.6) is 0 Å². The van der Waals surface area contributed by atoms with Crippen molar-refractivity contribution in [3.63, 3.8) is 0 Å². The van der Waals surface area contributed by atoms with E-state index < -0.39 is 28.2 Å². The van der Waals surface area contributed by atoms with Crippen LogP contribution in [0.3, 0.4) is 0 Å². The lowest BCUT2D eigenvalue weighted by atomic mass is 10.1. The molecule has 0 saturated carbocycles. The third-order valence-electron chi connectivity index (χ3n) is 4.92. The number of thiophene rings is 1. The van der Waals surface area contributed by atoms with E-state index in [0.29, 0.717) is 18.7 Å². The molecule has 30 heavy (non-hydrogen) atoms. The van der Waals surface area contributed by atoms with Crippen LogP contribution in [0.4, 0.5) is 10.1 Å². The summed E-state index contributed by atoms with van der Waals surface area (Å²) >= 11 is 1.44. The number of nitrogens with zero attached hydrogens (tertiary/aromatic N) is 3. The number of anilines is 1. The number of carbonyl (C=O) groups excluding carboxylic acids is 1. The van der Waals surface area contributed by atoms with Crippen LogP contribution in [-0.4, -0.2) is 41.5 Å². The first kappa shape index (κ1) is 20.7. The second kappa shape index (κ2) is 8.26. The zero-order valence-electron chi connectivity index (χ0n) is 16.0. The molecule has 158 valence electrons. The lowest BCUT2D eigenvalue weighted by Gasteiger charge is -2.35. The van der Waals surface area contributed by atoms with E-state index >= 15 is 0 Å². The third-order valence-corrected chi connectivity index (χ3v) is 7.50. The van der Waals surface area contributed by atoms with Crippen LogP contribution in [0.2, 0.25) is 0 Å². The molecule has 2 aromatic heterocycles. The van der Waals surface area contributed by atoms with Crippen LogP contribution in [0.1, 0.15) is 22.9 Å². The van der Waals surface area contributed by atoms with Gasteiger partial charge in [0.2, 0.25) is 5.91 Å². The SMILES string of the molecule is CN1[C@@H](C(=O)Nc2cnn(Cc3ccc(F)cc3)c2)C[C@H](c2cccs2)NS1(=O)=O. The molecule has 2 N–H and O–H groups in total. The largest absolute Gasteiger partial charge is 0.322 e. The Morgan fingerprint density at radius 3 is 2.80 bits per heavy atom. The van der Waals surface area contributed by atoms with Gasteiger partial charge >= 0.3 is 0 Å². The van der Waals surface area contributed by atoms with Gasteiger partial charge in [-0.15, -0.1) is 11.3 Å². The fourth-order valence-corrected chi connectivity index (χ4v) is 5.43. The Bertz CT molecular complexity index is 1130. The number of likely N-dealkylation sites (N-methyl/N-ethyl adjacent to an activating group) is 1. The van der Waals surface area contributed by atoms with E-state index in [1.807, 2.05) is 17.5 Å². The van der Waals surface area contributed by atoms with Crippen LogP contribution in [0.25, 0.3) is 0 Å². The van der Waals surface area contributed by atoms with Gasteiger partial charge in [0.15, 0.2) is 0 Å². The maximum Gasteiger partial charge on any atom is 0.280 e. The van der Waals surface area contributed by atoms with Crippen LogP contribution in [-0.2, 0) is 21.5 Å². The molecular formula is C19H20FN5O3S2. The summed E-state index contributed by atoms with van der Waals surface area (Å²) in [4.78, 5) is 13.7. The van der Waals surface area contributed by atoms with Crippen molar-refractivity contribution in [1.82, 2.24) is 18.8 Å². The molecule has 0 radical (unpaired) electrons. The molecule has 3 aromatic rings. The van der Waals surface area contributed by atoms with Crippen molar-refractivity contribution >= 4 is 33.1 Å². The molecule has 1 amide bonds. The number of carbonyl (C=O) groups is 1. The van der Waals surface area contributed by atoms with Crippen LogP contribution < -0.4 is 10.0 Å². The van der Waals surface area contributed by atoms with Gasteiger partial charge in [0.1, 0.15) is 11.9 Å². The van der Waals surface area contributed by atoms with Gasteiger partial charge in [-0.1, -0.05) is 18.2 Å². The van der Waals surface area contributed by atoms with Gasteiger partial charge in [-0.2, -0.15) is 22.5 Å². The Balaban J connectivity index is 1.46. The molecule has 1 aliphatic heterocycles. The van der Waals surface area contributed by atoms with E-state index in [9.17, 15) is 17.6 Å². The molecule has 0 unspecified atom stereocenters. The molecule has 4 rings (SSSR count). The van der Waals surface area contributed by atoms with Gasteiger partial charge in [-0.05, 0) is 35.6 Å². The van der Waals surface area contributed by atoms with Crippen LogP contribution in [0, 0.1) is 5.82 Å². The van der Waals surface area contributed by atoms with E-state index in [1.165, 1.54) is 36.7 Å². The van der Waals surface area contributed by atoms with Crippen LogP contribution in [0.15, 0.2) is 54.2 Å². The minimum Gasteiger partial charge on any atom is -0.322 e. The molecule has 0 bridgehead atoms. The summed E-state index contributed by atoms with van der Waals surface area (Å²) in [5.74, 6) is -0.737. The Labute approximate surface area is 177 Å². The second-order valence-electron chi connectivity index (χ2n) is 7.00. The number of benzene rings is 1.